The molecule has 2 bridgehead atoms. The van der Waals surface area contributed by atoms with Gasteiger partial charge in [0.25, 0.3) is 0 Å². The molecule has 5 nitrogen and oxygen atoms in total. The molecule has 1 N–H and O–H groups in total. The van der Waals surface area contributed by atoms with Gasteiger partial charge in [-0.25, -0.2) is 0 Å². The molecule has 6 atom stereocenters. The Morgan fingerprint density at radius 3 is 2.10 bits per heavy atom. The Bertz CT molecular complexity index is 414. The van der Waals surface area contributed by atoms with E-state index in [9.17, 15) is 14.7 Å². The third-order valence-electron chi connectivity index (χ3n) is 5.29. The number of carboxylic acids is 1. The van der Waals surface area contributed by atoms with Crippen molar-refractivity contribution < 1.29 is 19.4 Å². The molecule has 20 heavy (non-hydrogen) atoms. The molecule has 5 heteroatoms. The lowest BCUT2D eigenvalue weighted by atomic mass is 9.77. The Kier molecular flexibility index (Phi) is 3.48. The van der Waals surface area contributed by atoms with Gasteiger partial charge in [-0.3, -0.25) is 9.59 Å². The molecule has 1 amide bonds. The fourth-order valence-electron chi connectivity index (χ4n) is 4.33. The Morgan fingerprint density at radius 1 is 1.00 bits per heavy atom. The minimum Gasteiger partial charge on any atom is -0.481 e. The Labute approximate surface area is 119 Å². The van der Waals surface area contributed by atoms with Crippen molar-refractivity contribution >= 4 is 11.9 Å². The molecule has 0 aromatic heterocycles. The number of piperidine rings is 1. The van der Waals surface area contributed by atoms with E-state index < -0.39 is 17.8 Å². The summed E-state index contributed by atoms with van der Waals surface area (Å²) in [6.07, 6.45) is 4.31. The van der Waals surface area contributed by atoms with E-state index in [1.54, 1.807) is 0 Å². The molecular weight excluding hydrogens is 258 g/mol. The van der Waals surface area contributed by atoms with Crippen LogP contribution in [0.25, 0.3) is 0 Å². The van der Waals surface area contributed by atoms with Gasteiger partial charge >= 0.3 is 5.97 Å². The van der Waals surface area contributed by atoms with Gasteiger partial charge in [0.2, 0.25) is 5.91 Å². The summed E-state index contributed by atoms with van der Waals surface area (Å²) in [5.74, 6) is -2.01. The summed E-state index contributed by atoms with van der Waals surface area (Å²) < 4.78 is 5.71. The second-order valence-electron chi connectivity index (χ2n) is 6.55. The van der Waals surface area contributed by atoms with Gasteiger partial charge in [0, 0.05) is 12.1 Å². The van der Waals surface area contributed by atoms with Gasteiger partial charge < -0.3 is 14.7 Å². The third-order valence-corrected chi connectivity index (χ3v) is 5.29. The quantitative estimate of drug-likeness (QED) is 0.836. The van der Waals surface area contributed by atoms with Gasteiger partial charge in [0.15, 0.2) is 0 Å². The third kappa shape index (κ3) is 2.03. The maximum Gasteiger partial charge on any atom is 0.310 e. The van der Waals surface area contributed by atoms with Crippen molar-refractivity contribution in [3.8, 4) is 0 Å². The van der Waals surface area contributed by atoms with Crippen LogP contribution in [0, 0.1) is 11.8 Å². The summed E-state index contributed by atoms with van der Waals surface area (Å²) >= 11 is 0. The maximum absolute atomic E-state index is 12.9. The monoisotopic (exact) mass is 281 g/mol. The number of fused-ring (bicyclic) bond motifs is 2. The number of amides is 1. The van der Waals surface area contributed by atoms with Gasteiger partial charge in [0.05, 0.1) is 24.0 Å². The zero-order valence-corrected chi connectivity index (χ0v) is 12.1. The highest BCUT2D eigenvalue weighted by molar-refractivity contribution is 5.87. The first kappa shape index (κ1) is 13.9. The predicted octanol–water partition coefficient (Wildman–Crippen LogP) is 1.65. The van der Waals surface area contributed by atoms with Crippen molar-refractivity contribution in [1.82, 2.24) is 4.90 Å². The van der Waals surface area contributed by atoms with Crippen molar-refractivity contribution in [2.24, 2.45) is 11.8 Å². The summed E-state index contributed by atoms with van der Waals surface area (Å²) in [6.45, 7) is 4.13. The van der Waals surface area contributed by atoms with E-state index in [0.717, 1.165) is 32.1 Å². The fourth-order valence-corrected chi connectivity index (χ4v) is 4.33. The van der Waals surface area contributed by atoms with Crippen LogP contribution in [0.1, 0.15) is 46.0 Å². The predicted molar refractivity (Wildman–Crippen MR) is 72.1 cm³/mol. The van der Waals surface area contributed by atoms with Crippen molar-refractivity contribution in [1.29, 1.82) is 0 Å². The van der Waals surface area contributed by atoms with Crippen molar-refractivity contribution in [3.05, 3.63) is 0 Å². The van der Waals surface area contributed by atoms with Crippen LogP contribution < -0.4 is 0 Å². The molecule has 0 aromatic rings. The van der Waals surface area contributed by atoms with E-state index >= 15 is 0 Å². The molecular formula is C15H23NO4. The van der Waals surface area contributed by atoms with Gasteiger partial charge in [-0.1, -0.05) is 0 Å². The van der Waals surface area contributed by atoms with E-state index in [4.69, 9.17) is 4.74 Å². The van der Waals surface area contributed by atoms with Crippen LogP contribution in [-0.2, 0) is 14.3 Å². The highest BCUT2D eigenvalue weighted by Crippen LogP contribution is 2.45. The van der Waals surface area contributed by atoms with E-state index in [0.29, 0.717) is 0 Å². The van der Waals surface area contributed by atoms with Crippen LogP contribution in [0.2, 0.25) is 0 Å². The average Bonchev–Trinajstić information content (AvgIpc) is 2.98. The van der Waals surface area contributed by atoms with E-state index in [2.05, 4.69) is 13.8 Å². The number of aliphatic carboxylic acids is 1. The van der Waals surface area contributed by atoms with Crippen LogP contribution >= 0.6 is 0 Å². The summed E-state index contributed by atoms with van der Waals surface area (Å²) in [4.78, 5) is 26.3. The number of hydrogen-bond acceptors (Lipinski definition) is 3. The summed E-state index contributed by atoms with van der Waals surface area (Å²) in [7, 11) is 0. The number of carboxylic acid groups (broad SMARTS) is 1. The average molecular weight is 281 g/mol. The smallest absolute Gasteiger partial charge is 0.310 e. The first-order valence-electron chi connectivity index (χ1n) is 7.71. The van der Waals surface area contributed by atoms with E-state index in [-0.39, 0.29) is 30.2 Å². The van der Waals surface area contributed by atoms with Crippen molar-refractivity contribution in [2.45, 2.75) is 70.2 Å². The van der Waals surface area contributed by atoms with Crippen LogP contribution in [0.4, 0.5) is 0 Å². The lowest BCUT2D eigenvalue weighted by Crippen LogP contribution is -2.53. The molecule has 112 valence electrons. The number of rotatable bonds is 2. The Hall–Kier alpha value is -1.10. The van der Waals surface area contributed by atoms with Crippen LogP contribution in [0.3, 0.4) is 0 Å². The largest absolute Gasteiger partial charge is 0.481 e. The van der Waals surface area contributed by atoms with Gasteiger partial charge in [-0.2, -0.15) is 0 Å². The normalized spacial score (nSPS) is 43.8. The second-order valence-corrected chi connectivity index (χ2v) is 6.55. The maximum atomic E-state index is 12.9. The first-order valence-corrected chi connectivity index (χ1v) is 7.71. The van der Waals surface area contributed by atoms with Crippen molar-refractivity contribution in [2.75, 3.05) is 0 Å². The molecule has 0 radical (unpaired) electrons. The van der Waals surface area contributed by atoms with Crippen LogP contribution in [0.5, 0.6) is 0 Å². The molecule has 3 saturated heterocycles. The molecule has 3 heterocycles. The zero-order chi connectivity index (χ0) is 14.4. The van der Waals surface area contributed by atoms with Gasteiger partial charge in [-0.15, -0.1) is 0 Å². The lowest BCUT2D eigenvalue weighted by molar-refractivity contribution is -0.153. The number of carbonyl (C=O) groups excluding carboxylic acids is 1. The topological polar surface area (TPSA) is 66.8 Å². The molecule has 3 aliphatic rings. The number of hydrogen-bond donors (Lipinski definition) is 1. The molecule has 0 saturated carbocycles. The molecule has 0 spiro atoms. The summed E-state index contributed by atoms with van der Waals surface area (Å²) in [6, 6.07) is 0.416. The summed E-state index contributed by atoms with van der Waals surface area (Å²) in [5, 5.41) is 9.43. The second kappa shape index (κ2) is 5.02. The van der Waals surface area contributed by atoms with Crippen molar-refractivity contribution in [3.63, 3.8) is 0 Å². The number of carbonyl (C=O) groups is 2. The SMILES string of the molecule is C[C@@H]1CCC[C@@H](C)N1C(=O)[C@H]1[C@@H](C(=O)O)[C@H]2CC[C@@H]1O2. The molecule has 0 aromatic carbocycles. The standard InChI is InChI=1S/C15H23NO4/c1-8-4-3-5-9(2)16(8)14(17)12-10-6-7-11(20-10)13(12)15(18)19/h8-13H,3-7H2,1-2H3,(H,18,19)/t8-,9-,10+,11-,12-,13+/m1/s1. The van der Waals surface area contributed by atoms with Crippen LogP contribution in [-0.4, -0.2) is 46.2 Å². The number of nitrogens with zero attached hydrogens (tertiary/aromatic N) is 1. The highest BCUT2D eigenvalue weighted by atomic mass is 16.5. The zero-order valence-electron chi connectivity index (χ0n) is 12.1. The summed E-state index contributed by atoms with van der Waals surface area (Å²) in [5.41, 5.74) is 0. The van der Waals surface area contributed by atoms with E-state index in [1.165, 1.54) is 0 Å². The number of likely N-dealkylation sites (tertiary alicyclic amines) is 1. The van der Waals surface area contributed by atoms with Crippen LogP contribution in [0.15, 0.2) is 0 Å². The van der Waals surface area contributed by atoms with Gasteiger partial charge in [-0.05, 0) is 46.0 Å². The lowest BCUT2D eigenvalue weighted by Gasteiger charge is -2.42. The number of ether oxygens (including phenoxy) is 1. The minimum atomic E-state index is -0.882. The molecule has 3 aliphatic heterocycles. The first-order chi connectivity index (χ1) is 9.50. The highest BCUT2D eigenvalue weighted by Gasteiger charge is 2.57. The molecule has 0 unspecified atom stereocenters. The molecule has 3 rings (SSSR count). The van der Waals surface area contributed by atoms with E-state index in [1.807, 2.05) is 4.90 Å². The minimum absolute atomic E-state index is 0.00398. The fraction of sp³-hybridized carbons (Fsp3) is 0.867. The Balaban J connectivity index is 1.83. The molecule has 3 fully saturated rings. The van der Waals surface area contributed by atoms with Gasteiger partial charge in [0.1, 0.15) is 0 Å². The molecule has 0 aliphatic carbocycles. The Morgan fingerprint density at radius 2 is 1.55 bits per heavy atom.